The minimum absolute atomic E-state index is 0.0886. The molecule has 0 radical (unpaired) electrons. The van der Waals surface area contributed by atoms with Crippen LogP contribution in [0.25, 0.3) is 0 Å². The van der Waals surface area contributed by atoms with E-state index in [1.165, 1.54) is 12.1 Å². The van der Waals surface area contributed by atoms with Crippen molar-refractivity contribution in [1.82, 2.24) is 0 Å². The molecular formula is C14H23N3O3S. The number of amidine groups is 1. The average Bonchev–Trinajstić information content (AvgIpc) is 2.42. The van der Waals surface area contributed by atoms with Gasteiger partial charge in [0, 0.05) is 19.6 Å². The van der Waals surface area contributed by atoms with Crippen molar-refractivity contribution in [2.45, 2.75) is 37.0 Å². The van der Waals surface area contributed by atoms with Crippen LogP contribution in [0.1, 0.15) is 31.2 Å². The molecule has 0 bridgehead atoms. The molecule has 1 aromatic carbocycles. The fourth-order valence-electron chi connectivity index (χ4n) is 1.86. The Kier molecular flexibility index (Phi) is 7.35. The van der Waals surface area contributed by atoms with E-state index in [0.29, 0.717) is 18.8 Å². The summed E-state index contributed by atoms with van der Waals surface area (Å²) in [7, 11) is -3.65. The van der Waals surface area contributed by atoms with Gasteiger partial charge in [0.15, 0.2) is 0 Å². The quantitative estimate of drug-likeness (QED) is 0.354. The van der Waals surface area contributed by atoms with Gasteiger partial charge < -0.3 is 10.8 Å². The molecule has 5 N–H and O–H groups in total. The molecule has 1 aromatic rings. The number of hydrogen-bond acceptors (Lipinski definition) is 4. The summed E-state index contributed by atoms with van der Waals surface area (Å²) in [6, 6.07) is 6.30. The number of sulfonamides is 1. The van der Waals surface area contributed by atoms with Gasteiger partial charge in [0.25, 0.3) is 0 Å². The van der Waals surface area contributed by atoms with Gasteiger partial charge in [0.2, 0.25) is 10.0 Å². The molecule has 0 aliphatic rings. The Morgan fingerprint density at radius 2 is 1.71 bits per heavy atom. The molecule has 0 spiro atoms. The van der Waals surface area contributed by atoms with Crippen LogP contribution in [0.2, 0.25) is 0 Å². The lowest BCUT2D eigenvalue weighted by Crippen LogP contribution is -2.16. The predicted molar refractivity (Wildman–Crippen MR) is 83.6 cm³/mol. The van der Waals surface area contributed by atoms with Gasteiger partial charge in [-0.3, -0.25) is 4.99 Å². The minimum atomic E-state index is -3.65. The van der Waals surface area contributed by atoms with Crippen LogP contribution < -0.4 is 10.9 Å². The van der Waals surface area contributed by atoms with Crippen molar-refractivity contribution in [3.63, 3.8) is 0 Å². The number of hydrogen-bond donors (Lipinski definition) is 3. The predicted octanol–water partition coefficient (Wildman–Crippen LogP) is 0.786. The molecule has 7 heteroatoms. The summed E-state index contributed by atoms with van der Waals surface area (Å²) in [5.41, 5.74) is 6.73. The summed E-state index contributed by atoms with van der Waals surface area (Å²) in [5, 5.41) is 13.7. The van der Waals surface area contributed by atoms with Crippen molar-refractivity contribution < 1.29 is 13.5 Å². The van der Waals surface area contributed by atoms with Crippen molar-refractivity contribution >= 4 is 15.9 Å². The van der Waals surface area contributed by atoms with Crippen LogP contribution in [0, 0.1) is 0 Å². The lowest BCUT2D eigenvalue weighted by molar-refractivity contribution is 0.282. The summed E-state index contributed by atoms with van der Waals surface area (Å²) < 4.78 is 22.3. The third-order valence-corrected chi connectivity index (χ3v) is 3.95. The van der Waals surface area contributed by atoms with Gasteiger partial charge in [-0.15, -0.1) is 0 Å². The smallest absolute Gasteiger partial charge is 0.238 e. The van der Waals surface area contributed by atoms with E-state index in [1.54, 1.807) is 12.1 Å². The van der Waals surface area contributed by atoms with E-state index in [1.807, 2.05) is 0 Å². The van der Waals surface area contributed by atoms with E-state index in [2.05, 4.69) is 4.99 Å². The van der Waals surface area contributed by atoms with Gasteiger partial charge in [-0.25, -0.2) is 13.6 Å². The molecule has 0 atom stereocenters. The normalized spacial score (nSPS) is 12.6. The van der Waals surface area contributed by atoms with Gasteiger partial charge in [0.1, 0.15) is 0 Å². The molecule has 118 valence electrons. The van der Waals surface area contributed by atoms with Crippen molar-refractivity contribution in [3.05, 3.63) is 29.8 Å². The van der Waals surface area contributed by atoms with Crippen molar-refractivity contribution in [1.29, 1.82) is 0 Å². The molecule has 6 nitrogen and oxygen atoms in total. The first-order chi connectivity index (χ1) is 9.93. The molecule has 0 saturated heterocycles. The van der Waals surface area contributed by atoms with Crippen LogP contribution in [0.3, 0.4) is 0 Å². The summed E-state index contributed by atoms with van der Waals surface area (Å²) in [6.07, 6.45) is 4.30. The van der Waals surface area contributed by atoms with Gasteiger partial charge in [-0.05, 0) is 30.5 Å². The topological polar surface area (TPSA) is 119 Å². The number of nitrogens with zero attached hydrogens (tertiary/aromatic N) is 1. The second-order valence-corrected chi connectivity index (χ2v) is 6.44. The van der Waals surface area contributed by atoms with E-state index in [-0.39, 0.29) is 11.5 Å². The van der Waals surface area contributed by atoms with Crippen LogP contribution in [0.4, 0.5) is 0 Å². The number of nitrogens with two attached hydrogens (primary N) is 2. The zero-order valence-corrected chi connectivity index (χ0v) is 12.8. The van der Waals surface area contributed by atoms with E-state index >= 15 is 0 Å². The number of aliphatic hydroxyl groups is 1. The van der Waals surface area contributed by atoms with Crippen molar-refractivity contribution in [2.24, 2.45) is 15.9 Å². The van der Waals surface area contributed by atoms with Crippen LogP contribution in [0.5, 0.6) is 0 Å². The molecule has 0 heterocycles. The monoisotopic (exact) mass is 313 g/mol. The Bertz CT molecular complexity index is 553. The highest BCUT2D eigenvalue weighted by Gasteiger charge is 2.06. The highest BCUT2D eigenvalue weighted by Crippen LogP contribution is 2.09. The standard InChI is InChI=1S/C14H23N3O3S/c15-14(17-9-3-1-2-4-10-18)11-12-5-7-13(8-6-12)21(16,19)20/h5-8,18H,1-4,9-11H2,(H2,15,17)(H2,16,19,20). The highest BCUT2D eigenvalue weighted by molar-refractivity contribution is 7.89. The minimum Gasteiger partial charge on any atom is -0.396 e. The van der Waals surface area contributed by atoms with Crippen molar-refractivity contribution in [3.8, 4) is 0 Å². The number of rotatable bonds is 9. The Balaban J connectivity index is 2.42. The average molecular weight is 313 g/mol. The Morgan fingerprint density at radius 1 is 1.10 bits per heavy atom. The van der Waals surface area contributed by atoms with Crippen LogP contribution in [-0.2, 0) is 16.4 Å². The molecule has 0 saturated carbocycles. The second kappa shape index (κ2) is 8.76. The molecule has 0 amide bonds. The van der Waals surface area contributed by atoms with Crippen LogP contribution in [-0.4, -0.2) is 32.5 Å². The van der Waals surface area contributed by atoms with E-state index in [0.717, 1.165) is 31.2 Å². The van der Waals surface area contributed by atoms with E-state index in [4.69, 9.17) is 16.0 Å². The number of aliphatic hydroxyl groups excluding tert-OH is 1. The van der Waals surface area contributed by atoms with Gasteiger partial charge in [0.05, 0.1) is 10.7 Å². The van der Waals surface area contributed by atoms with Gasteiger partial charge in [-0.1, -0.05) is 25.0 Å². The molecule has 21 heavy (non-hydrogen) atoms. The Labute approximate surface area is 125 Å². The Morgan fingerprint density at radius 3 is 2.29 bits per heavy atom. The molecular weight excluding hydrogens is 290 g/mol. The maximum absolute atomic E-state index is 11.1. The molecule has 0 aromatic heterocycles. The maximum atomic E-state index is 11.1. The third kappa shape index (κ3) is 7.22. The van der Waals surface area contributed by atoms with Crippen molar-refractivity contribution in [2.75, 3.05) is 13.2 Å². The summed E-state index contributed by atoms with van der Waals surface area (Å²) in [5.74, 6) is 0.528. The molecule has 1 rings (SSSR count). The van der Waals surface area contributed by atoms with Gasteiger partial charge >= 0.3 is 0 Å². The second-order valence-electron chi connectivity index (χ2n) is 4.88. The maximum Gasteiger partial charge on any atom is 0.238 e. The lowest BCUT2D eigenvalue weighted by Gasteiger charge is -2.03. The summed E-state index contributed by atoms with van der Waals surface area (Å²) in [6.45, 7) is 0.909. The third-order valence-electron chi connectivity index (χ3n) is 3.02. The summed E-state index contributed by atoms with van der Waals surface area (Å²) >= 11 is 0. The molecule has 0 aliphatic heterocycles. The SMILES string of the molecule is NC(Cc1ccc(S(N)(=O)=O)cc1)=NCCCCCCO. The Hall–Kier alpha value is -1.44. The molecule has 0 fully saturated rings. The number of benzene rings is 1. The van der Waals surface area contributed by atoms with E-state index in [9.17, 15) is 8.42 Å². The molecule has 0 unspecified atom stereocenters. The zero-order valence-electron chi connectivity index (χ0n) is 12.0. The lowest BCUT2D eigenvalue weighted by atomic mass is 10.1. The molecule has 0 aliphatic carbocycles. The van der Waals surface area contributed by atoms with Crippen LogP contribution in [0.15, 0.2) is 34.2 Å². The zero-order chi connectivity index (χ0) is 15.7. The van der Waals surface area contributed by atoms with Gasteiger partial charge in [-0.2, -0.15) is 0 Å². The largest absolute Gasteiger partial charge is 0.396 e. The number of unbranched alkanes of at least 4 members (excludes halogenated alkanes) is 3. The first kappa shape index (κ1) is 17.6. The number of aliphatic imine (C=N–C) groups is 1. The fraction of sp³-hybridized carbons (Fsp3) is 0.500. The first-order valence-electron chi connectivity index (χ1n) is 6.95. The highest BCUT2D eigenvalue weighted by atomic mass is 32.2. The summed E-state index contributed by atoms with van der Waals surface area (Å²) in [4.78, 5) is 4.37. The fourth-order valence-corrected chi connectivity index (χ4v) is 2.38. The van der Waals surface area contributed by atoms with Crippen LogP contribution >= 0.6 is 0 Å². The first-order valence-corrected chi connectivity index (χ1v) is 8.49. The van der Waals surface area contributed by atoms with E-state index < -0.39 is 10.0 Å². The number of primary sulfonamides is 1.